The molecule has 2 aliphatic rings. The predicted molar refractivity (Wildman–Crippen MR) is 92.7 cm³/mol. The lowest BCUT2D eigenvalue weighted by molar-refractivity contribution is -0.0156. The summed E-state index contributed by atoms with van der Waals surface area (Å²) in [5, 5.41) is 0. The van der Waals surface area contributed by atoms with Crippen molar-refractivity contribution >= 4 is 0 Å². The van der Waals surface area contributed by atoms with Gasteiger partial charge >= 0.3 is 0 Å². The average Bonchev–Trinajstić information content (AvgIpc) is 2.50. The zero-order chi connectivity index (χ0) is 15.2. The summed E-state index contributed by atoms with van der Waals surface area (Å²) in [6.45, 7) is 14.9. The van der Waals surface area contributed by atoms with Crippen molar-refractivity contribution in [1.82, 2.24) is 9.80 Å². The molecule has 0 aromatic carbocycles. The summed E-state index contributed by atoms with van der Waals surface area (Å²) >= 11 is 0. The van der Waals surface area contributed by atoms with E-state index in [1.54, 1.807) is 0 Å². The number of hydrogen-bond acceptors (Lipinski definition) is 2. The molecule has 0 spiro atoms. The van der Waals surface area contributed by atoms with Crippen LogP contribution in [0.15, 0.2) is 0 Å². The van der Waals surface area contributed by atoms with Crippen molar-refractivity contribution in [3.63, 3.8) is 0 Å². The van der Waals surface area contributed by atoms with Gasteiger partial charge in [-0.3, -0.25) is 9.80 Å². The molecule has 2 fully saturated rings. The van der Waals surface area contributed by atoms with Crippen LogP contribution in [0.5, 0.6) is 0 Å². The Hall–Kier alpha value is -0.0800. The van der Waals surface area contributed by atoms with Crippen molar-refractivity contribution < 1.29 is 0 Å². The molecule has 124 valence electrons. The lowest BCUT2D eigenvalue weighted by Crippen LogP contribution is -2.61. The second kappa shape index (κ2) is 8.53. The van der Waals surface area contributed by atoms with Crippen LogP contribution >= 0.6 is 0 Å². The van der Waals surface area contributed by atoms with Crippen LogP contribution in [0.1, 0.15) is 72.6 Å². The van der Waals surface area contributed by atoms with E-state index in [4.69, 9.17) is 0 Å². The molecule has 0 bridgehead atoms. The first-order chi connectivity index (χ1) is 10.2. The smallest absolute Gasteiger partial charge is 0.0247 e. The highest BCUT2D eigenvalue weighted by molar-refractivity contribution is 4.92. The summed E-state index contributed by atoms with van der Waals surface area (Å²) in [4.78, 5) is 5.68. The van der Waals surface area contributed by atoms with Gasteiger partial charge in [0, 0.05) is 31.7 Å². The summed E-state index contributed by atoms with van der Waals surface area (Å²) in [5.41, 5.74) is 0. The Morgan fingerprint density at radius 1 is 1.10 bits per heavy atom. The Bertz CT molecular complexity index is 289. The third kappa shape index (κ3) is 4.69. The van der Waals surface area contributed by atoms with Crippen molar-refractivity contribution in [1.29, 1.82) is 0 Å². The number of fused-ring (bicyclic) bond motifs is 1. The fraction of sp³-hybridized carbons (Fsp3) is 1.00. The minimum absolute atomic E-state index is 0.787. The lowest BCUT2D eigenvalue weighted by Gasteiger charge is -2.50. The van der Waals surface area contributed by atoms with Crippen molar-refractivity contribution in [2.24, 2.45) is 11.8 Å². The fourth-order valence-electron chi connectivity index (χ4n) is 4.36. The molecule has 2 nitrogen and oxygen atoms in total. The Labute approximate surface area is 133 Å². The molecule has 2 heteroatoms. The number of unbranched alkanes of at least 4 members (excludes halogenated alkanes) is 1. The second-order valence-corrected chi connectivity index (χ2v) is 7.83. The van der Waals surface area contributed by atoms with Crippen LogP contribution in [0.2, 0.25) is 0 Å². The van der Waals surface area contributed by atoms with Gasteiger partial charge in [-0.05, 0) is 37.6 Å². The fourth-order valence-corrected chi connectivity index (χ4v) is 4.36. The Morgan fingerprint density at radius 2 is 1.90 bits per heavy atom. The first-order valence-electron chi connectivity index (χ1n) is 9.63. The van der Waals surface area contributed by atoms with E-state index in [-0.39, 0.29) is 0 Å². The zero-order valence-electron chi connectivity index (χ0n) is 15.0. The molecular formula is C19H38N2. The molecule has 0 aromatic rings. The molecule has 0 radical (unpaired) electrons. The van der Waals surface area contributed by atoms with E-state index in [1.807, 2.05) is 0 Å². The summed E-state index contributed by atoms with van der Waals surface area (Å²) in [6, 6.07) is 1.65. The second-order valence-electron chi connectivity index (χ2n) is 7.83. The normalized spacial score (nSPS) is 29.6. The molecule has 0 N–H and O–H groups in total. The van der Waals surface area contributed by atoms with Crippen LogP contribution in [0.4, 0.5) is 0 Å². The van der Waals surface area contributed by atoms with Gasteiger partial charge in [-0.15, -0.1) is 0 Å². The molecular weight excluding hydrogens is 256 g/mol. The lowest BCUT2D eigenvalue weighted by atomic mass is 9.90. The maximum absolute atomic E-state index is 2.88. The van der Waals surface area contributed by atoms with E-state index < -0.39 is 0 Å². The minimum atomic E-state index is 0.787. The van der Waals surface area contributed by atoms with Crippen molar-refractivity contribution in [3.05, 3.63) is 0 Å². The molecule has 0 saturated carbocycles. The third-order valence-corrected chi connectivity index (χ3v) is 5.89. The van der Waals surface area contributed by atoms with Crippen molar-refractivity contribution in [2.45, 2.75) is 84.7 Å². The predicted octanol–water partition coefficient (Wildman–Crippen LogP) is 4.40. The Kier molecular flexibility index (Phi) is 7.01. The Morgan fingerprint density at radius 3 is 2.57 bits per heavy atom. The molecule has 3 atom stereocenters. The minimum Gasteiger partial charge on any atom is -0.298 e. The highest BCUT2D eigenvalue weighted by Gasteiger charge is 2.36. The molecule has 2 rings (SSSR count). The summed E-state index contributed by atoms with van der Waals surface area (Å²) in [6.07, 6.45) is 9.87. The molecule has 3 unspecified atom stereocenters. The van der Waals surface area contributed by atoms with Gasteiger partial charge in [0.05, 0.1) is 0 Å². The SMILES string of the molecule is CCCCC(CC)CN1CC2CCCCN2CC1C(C)C. The van der Waals surface area contributed by atoms with Crippen LogP contribution < -0.4 is 0 Å². The van der Waals surface area contributed by atoms with E-state index in [2.05, 4.69) is 37.5 Å². The van der Waals surface area contributed by atoms with E-state index in [0.717, 1.165) is 23.9 Å². The Balaban J connectivity index is 1.96. The number of rotatable bonds is 7. The van der Waals surface area contributed by atoms with Gasteiger partial charge in [0.2, 0.25) is 0 Å². The van der Waals surface area contributed by atoms with E-state index in [9.17, 15) is 0 Å². The number of nitrogens with zero attached hydrogens (tertiary/aromatic N) is 2. The van der Waals surface area contributed by atoms with Crippen LogP contribution in [-0.2, 0) is 0 Å². The van der Waals surface area contributed by atoms with Crippen LogP contribution in [0.25, 0.3) is 0 Å². The van der Waals surface area contributed by atoms with Gasteiger partial charge in [0.25, 0.3) is 0 Å². The first kappa shape index (κ1) is 17.3. The average molecular weight is 295 g/mol. The van der Waals surface area contributed by atoms with E-state index in [1.165, 1.54) is 71.1 Å². The number of piperidine rings is 1. The van der Waals surface area contributed by atoms with Gasteiger partial charge in [0.1, 0.15) is 0 Å². The van der Waals surface area contributed by atoms with Gasteiger partial charge in [-0.1, -0.05) is 53.4 Å². The summed E-state index contributed by atoms with van der Waals surface area (Å²) < 4.78 is 0. The van der Waals surface area contributed by atoms with Crippen LogP contribution in [0, 0.1) is 11.8 Å². The molecule has 0 amide bonds. The number of hydrogen-bond donors (Lipinski definition) is 0. The third-order valence-electron chi connectivity index (χ3n) is 5.89. The largest absolute Gasteiger partial charge is 0.298 e. The van der Waals surface area contributed by atoms with Crippen molar-refractivity contribution in [3.8, 4) is 0 Å². The summed E-state index contributed by atoms with van der Waals surface area (Å²) in [5.74, 6) is 1.71. The molecule has 21 heavy (non-hydrogen) atoms. The van der Waals surface area contributed by atoms with E-state index in [0.29, 0.717) is 0 Å². The first-order valence-corrected chi connectivity index (χ1v) is 9.63. The zero-order valence-corrected chi connectivity index (χ0v) is 15.0. The molecule has 0 aromatic heterocycles. The summed E-state index contributed by atoms with van der Waals surface area (Å²) in [7, 11) is 0. The van der Waals surface area contributed by atoms with E-state index >= 15 is 0 Å². The molecule has 2 aliphatic heterocycles. The highest BCUT2D eigenvalue weighted by atomic mass is 15.3. The quantitative estimate of drug-likeness (QED) is 0.687. The van der Waals surface area contributed by atoms with Crippen molar-refractivity contribution in [2.75, 3.05) is 26.2 Å². The van der Waals surface area contributed by atoms with Gasteiger partial charge < -0.3 is 0 Å². The topological polar surface area (TPSA) is 6.48 Å². The monoisotopic (exact) mass is 294 g/mol. The number of piperazine rings is 1. The molecule has 0 aliphatic carbocycles. The van der Waals surface area contributed by atoms with Crippen LogP contribution in [-0.4, -0.2) is 48.1 Å². The standard InChI is InChI=1S/C19H38N2/c1-5-7-10-17(6-2)13-21-14-18-11-8-9-12-20(18)15-19(21)16(3)4/h16-19H,5-15H2,1-4H3. The van der Waals surface area contributed by atoms with Gasteiger partial charge in [-0.25, -0.2) is 0 Å². The molecule has 2 saturated heterocycles. The van der Waals surface area contributed by atoms with Gasteiger partial charge in [0.15, 0.2) is 0 Å². The molecule has 2 heterocycles. The van der Waals surface area contributed by atoms with Gasteiger partial charge in [-0.2, -0.15) is 0 Å². The maximum atomic E-state index is 2.88. The van der Waals surface area contributed by atoms with Crippen LogP contribution in [0.3, 0.4) is 0 Å². The maximum Gasteiger partial charge on any atom is 0.0247 e. The highest BCUT2D eigenvalue weighted by Crippen LogP contribution is 2.28.